The van der Waals surface area contributed by atoms with Crippen LogP contribution < -0.4 is 10.0 Å². The van der Waals surface area contributed by atoms with Gasteiger partial charge >= 0.3 is 0 Å². The van der Waals surface area contributed by atoms with E-state index in [4.69, 9.17) is 4.98 Å². The lowest BCUT2D eigenvalue weighted by molar-refractivity contribution is 0.102. The first kappa shape index (κ1) is 23.6. The molecule has 10 heteroatoms. The molecular formula is C26H18BrN5O3S. The predicted octanol–water partition coefficient (Wildman–Crippen LogP) is 5.51. The number of halogens is 1. The average Bonchev–Trinajstić information content (AvgIpc) is 2.89. The van der Waals surface area contributed by atoms with Crippen LogP contribution in [-0.2, 0) is 10.0 Å². The fraction of sp³-hybridized carbons (Fsp3) is 0. The van der Waals surface area contributed by atoms with E-state index in [1.807, 2.05) is 48.5 Å². The molecule has 2 aromatic heterocycles. The molecule has 0 bridgehead atoms. The number of rotatable bonds is 6. The Bertz CT molecular complexity index is 1660. The summed E-state index contributed by atoms with van der Waals surface area (Å²) in [5, 5.41) is 3.56. The normalized spacial score (nSPS) is 11.2. The average molecular weight is 560 g/mol. The van der Waals surface area contributed by atoms with Gasteiger partial charge < -0.3 is 5.32 Å². The molecule has 178 valence electrons. The monoisotopic (exact) mass is 559 g/mol. The minimum Gasteiger partial charge on any atom is -0.322 e. The molecule has 0 saturated carbocycles. The van der Waals surface area contributed by atoms with Gasteiger partial charge in [0.15, 0.2) is 0 Å². The molecule has 0 saturated heterocycles. The maximum Gasteiger partial charge on any atom is 0.264 e. The smallest absolute Gasteiger partial charge is 0.264 e. The SMILES string of the molecule is O=C(Nc1ccc(S(=O)(=O)Nc2ncccn2)cc1)c1cc(-c2ccc(Br)cc2)nc2ccccc12. The van der Waals surface area contributed by atoms with Gasteiger partial charge in [0.2, 0.25) is 5.95 Å². The third kappa shape index (κ3) is 5.09. The minimum absolute atomic E-state index is 0.0137. The lowest BCUT2D eigenvalue weighted by atomic mass is 10.0. The first-order chi connectivity index (χ1) is 17.4. The van der Waals surface area contributed by atoms with Crippen molar-refractivity contribution in [2.24, 2.45) is 0 Å². The van der Waals surface area contributed by atoms with Crippen LogP contribution in [0.3, 0.4) is 0 Å². The molecule has 0 radical (unpaired) electrons. The fourth-order valence-electron chi connectivity index (χ4n) is 3.58. The first-order valence-electron chi connectivity index (χ1n) is 10.8. The van der Waals surface area contributed by atoms with E-state index in [0.717, 1.165) is 10.0 Å². The van der Waals surface area contributed by atoms with E-state index in [2.05, 4.69) is 35.9 Å². The number of carbonyl (C=O) groups excluding carboxylic acids is 1. The molecule has 2 heterocycles. The third-order valence-electron chi connectivity index (χ3n) is 5.31. The highest BCUT2D eigenvalue weighted by Crippen LogP contribution is 2.27. The molecule has 0 fully saturated rings. The largest absolute Gasteiger partial charge is 0.322 e. The minimum atomic E-state index is -3.88. The summed E-state index contributed by atoms with van der Waals surface area (Å²) in [7, 11) is -3.88. The highest BCUT2D eigenvalue weighted by atomic mass is 79.9. The zero-order valence-corrected chi connectivity index (χ0v) is 21.0. The molecule has 5 aromatic rings. The number of pyridine rings is 1. The van der Waals surface area contributed by atoms with Crippen molar-refractivity contribution < 1.29 is 13.2 Å². The summed E-state index contributed by atoms with van der Waals surface area (Å²) in [6, 6.07) is 24.3. The summed E-state index contributed by atoms with van der Waals surface area (Å²) >= 11 is 3.43. The maximum atomic E-state index is 13.3. The van der Waals surface area contributed by atoms with E-state index < -0.39 is 10.0 Å². The number of hydrogen-bond acceptors (Lipinski definition) is 6. The molecule has 0 aliphatic carbocycles. The number of aromatic nitrogens is 3. The van der Waals surface area contributed by atoms with Gasteiger partial charge in [-0.25, -0.2) is 28.1 Å². The summed E-state index contributed by atoms with van der Waals surface area (Å²) in [6.07, 6.45) is 2.88. The number of nitrogens with one attached hydrogen (secondary N) is 2. The summed E-state index contributed by atoms with van der Waals surface area (Å²) in [6.45, 7) is 0. The summed E-state index contributed by atoms with van der Waals surface area (Å²) in [4.78, 5) is 25.8. The fourth-order valence-corrected chi connectivity index (χ4v) is 4.80. The Labute approximate surface area is 215 Å². The second-order valence-corrected chi connectivity index (χ2v) is 10.3. The molecule has 2 N–H and O–H groups in total. The number of hydrogen-bond donors (Lipinski definition) is 2. The quantitative estimate of drug-likeness (QED) is 0.283. The number of carbonyl (C=O) groups is 1. The molecule has 1 amide bonds. The number of benzene rings is 3. The first-order valence-corrected chi connectivity index (χ1v) is 13.0. The topological polar surface area (TPSA) is 114 Å². The van der Waals surface area contributed by atoms with Crippen molar-refractivity contribution in [3.8, 4) is 11.3 Å². The zero-order valence-electron chi connectivity index (χ0n) is 18.6. The van der Waals surface area contributed by atoms with Crippen LogP contribution >= 0.6 is 15.9 Å². The molecule has 0 unspecified atom stereocenters. The lowest BCUT2D eigenvalue weighted by Crippen LogP contribution is -2.15. The maximum absolute atomic E-state index is 13.3. The van der Waals surface area contributed by atoms with Gasteiger partial charge in [-0.2, -0.15) is 0 Å². The van der Waals surface area contributed by atoms with Gasteiger partial charge in [0, 0.05) is 33.5 Å². The number of fused-ring (bicyclic) bond motifs is 1. The van der Waals surface area contributed by atoms with E-state index >= 15 is 0 Å². The van der Waals surface area contributed by atoms with Crippen LogP contribution in [0.5, 0.6) is 0 Å². The number of amides is 1. The predicted molar refractivity (Wildman–Crippen MR) is 142 cm³/mol. The molecule has 3 aromatic carbocycles. The van der Waals surface area contributed by atoms with Crippen LogP contribution in [0.25, 0.3) is 22.2 Å². The lowest BCUT2D eigenvalue weighted by Gasteiger charge is -2.11. The van der Waals surface area contributed by atoms with Gasteiger partial charge in [-0.15, -0.1) is 0 Å². The summed E-state index contributed by atoms with van der Waals surface area (Å²) in [5.74, 6) is -0.362. The van der Waals surface area contributed by atoms with Gasteiger partial charge in [-0.1, -0.05) is 46.3 Å². The van der Waals surface area contributed by atoms with Gasteiger partial charge in [0.25, 0.3) is 15.9 Å². The van der Waals surface area contributed by atoms with Crippen LogP contribution in [0, 0.1) is 0 Å². The van der Waals surface area contributed by atoms with Gasteiger partial charge in [-0.3, -0.25) is 4.79 Å². The van der Waals surface area contributed by atoms with E-state index in [-0.39, 0.29) is 16.8 Å². The van der Waals surface area contributed by atoms with Crippen molar-refractivity contribution in [2.75, 3.05) is 10.0 Å². The Balaban J connectivity index is 1.42. The van der Waals surface area contributed by atoms with Crippen molar-refractivity contribution in [3.63, 3.8) is 0 Å². The third-order valence-corrected chi connectivity index (χ3v) is 7.19. The Kier molecular flexibility index (Phi) is 6.45. The van der Waals surface area contributed by atoms with Crippen molar-refractivity contribution in [1.82, 2.24) is 15.0 Å². The molecule has 0 aliphatic rings. The van der Waals surface area contributed by atoms with Gasteiger partial charge in [0.05, 0.1) is 21.7 Å². The van der Waals surface area contributed by atoms with Crippen LogP contribution in [-0.4, -0.2) is 29.3 Å². The number of sulfonamides is 1. The van der Waals surface area contributed by atoms with E-state index in [0.29, 0.717) is 27.8 Å². The van der Waals surface area contributed by atoms with E-state index in [9.17, 15) is 13.2 Å². The zero-order chi connectivity index (χ0) is 25.1. The molecule has 36 heavy (non-hydrogen) atoms. The second-order valence-electron chi connectivity index (χ2n) is 7.74. The Morgan fingerprint density at radius 3 is 2.25 bits per heavy atom. The van der Waals surface area contributed by atoms with Crippen LogP contribution in [0.4, 0.5) is 11.6 Å². The second kappa shape index (κ2) is 9.84. The van der Waals surface area contributed by atoms with Crippen LogP contribution in [0.2, 0.25) is 0 Å². The number of nitrogens with zero attached hydrogens (tertiary/aromatic N) is 3. The van der Waals surface area contributed by atoms with E-state index in [1.165, 1.54) is 36.7 Å². The van der Waals surface area contributed by atoms with Crippen molar-refractivity contribution in [2.45, 2.75) is 4.90 Å². The summed E-state index contributed by atoms with van der Waals surface area (Å²) in [5.41, 5.74) is 3.14. The standard InChI is InChI=1S/C26H18BrN5O3S/c27-18-8-6-17(7-9-18)24-16-22(21-4-1-2-5-23(21)31-24)25(33)30-19-10-12-20(13-11-19)36(34,35)32-26-28-14-3-15-29-26/h1-16H,(H,30,33)(H,28,29,32). The highest BCUT2D eigenvalue weighted by molar-refractivity contribution is 9.10. The van der Waals surface area contributed by atoms with Gasteiger partial charge in [-0.05, 0) is 54.6 Å². The molecule has 0 atom stereocenters. The van der Waals surface area contributed by atoms with Crippen molar-refractivity contribution >= 4 is 54.4 Å². The van der Waals surface area contributed by atoms with E-state index in [1.54, 1.807) is 12.1 Å². The molecule has 5 rings (SSSR count). The van der Waals surface area contributed by atoms with Crippen molar-refractivity contribution in [1.29, 1.82) is 0 Å². The Morgan fingerprint density at radius 2 is 1.53 bits per heavy atom. The molecule has 8 nitrogen and oxygen atoms in total. The molecule has 0 aliphatic heterocycles. The van der Waals surface area contributed by atoms with Gasteiger partial charge in [0.1, 0.15) is 0 Å². The Morgan fingerprint density at radius 1 is 0.833 bits per heavy atom. The van der Waals surface area contributed by atoms with Crippen LogP contribution in [0.15, 0.2) is 107 Å². The number of para-hydroxylation sites is 1. The highest BCUT2D eigenvalue weighted by Gasteiger charge is 2.17. The molecule has 0 spiro atoms. The number of anilines is 2. The van der Waals surface area contributed by atoms with Crippen LogP contribution in [0.1, 0.15) is 10.4 Å². The summed E-state index contributed by atoms with van der Waals surface area (Å²) < 4.78 is 28.5. The van der Waals surface area contributed by atoms with Crippen molar-refractivity contribution in [3.05, 3.63) is 107 Å². The Hall–Kier alpha value is -4.15. The molecular weight excluding hydrogens is 542 g/mol.